The van der Waals surface area contributed by atoms with Crippen LogP contribution in [0.25, 0.3) is 22.3 Å². The number of imidazole rings is 1. The van der Waals surface area contributed by atoms with Crippen molar-refractivity contribution in [3.8, 4) is 11.1 Å². The maximum absolute atomic E-state index is 5.93. The van der Waals surface area contributed by atoms with Crippen LogP contribution in [-0.2, 0) is 6.54 Å². The summed E-state index contributed by atoms with van der Waals surface area (Å²) in [6, 6.07) is 18.7. The summed E-state index contributed by atoms with van der Waals surface area (Å²) in [5, 5.41) is 3.46. The quantitative estimate of drug-likeness (QED) is 0.546. The standard InChI is InChI=1S/C18H14ClN5/c19-18-23-16(15-17(24-18)22-11-21-15)20-10-12-6-8-14(9-7-12)13-4-2-1-3-5-13/h1-9,11H,10H2,(H2,20,21,22,23,24). The summed E-state index contributed by atoms with van der Waals surface area (Å²) >= 11 is 5.93. The van der Waals surface area contributed by atoms with Crippen LogP contribution in [-0.4, -0.2) is 19.9 Å². The van der Waals surface area contributed by atoms with Gasteiger partial charge in [-0.2, -0.15) is 9.97 Å². The topological polar surface area (TPSA) is 66.5 Å². The zero-order valence-corrected chi connectivity index (χ0v) is 13.5. The van der Waals surface area contributed by atoms with Crippen LogP contribution in [0.1, 0.15) is 5.56 Å². The summed E-state index contributed by atoms with van der Waals surface area (Å²) in [4.78, 5) is 15.4. The number of hydrogen-bond acceptors (Lipinski definition) is 4. The van der Waals surface area contributed by atoms with Gasteiger partial charge in [0, 0.05) is 6.54 Å². The summed E-state index contributed by atoms with van der Waals surface area (Å²) in [6.07, 6.45) is 1.58. The molecule has 0 saturated heterocycles. The average Bonchev–Trinajstić information content (AvgIpc) is 3.09. The number of anilines is 1. The van der Waals surface area contributed by atoms with Crippen molar-refractivity contribution in [1.82, 2.24) is 19.9 Å². The number of aromatic nitrogens is 4. The zero-order valence-electron chi connectivity index (χ0n) is 12.7. The van der Waals surface area contributed by atoms with Crippen molar-refractivity contribution in [3.63, 3.8) is 0 Å². The predicted octanol–water partition coefficient (Wildman–Crippen LogP) is 4.29. The second-order valence-electron chi connectivity index (χ2n) is 5.36. The number of fused-ring (bicyclic) bond motifs is 1. The SMILES string of the molecule is Clc1nc(NCc2ccc(-c3ccccc3)cc2)c2[nH]cnc2n1. The molecule has 118 valence electrons. The van der Waals surface area contributed by atoms with Crippen molar-refractivity contribution in [3.05, 3.63) is 71.8 Å². The summed E-state index contributed by atoms with van der Waals surface area (Å²) < 4.78 is 0. The Balaban J connectivity index is 1.52. The molecule has 0 unspecified atom stereocenters. The number of aromatic amines is 1. The number of nitrogens with one attached hydrogen (secondary N) is 2. The van der Waals surface area contributed by atoms with Crippen LogP contribution >= 0.6 is 11.6 Å². The minimum absolute atomic E-state index is 0.177. The molecule has 5 nitrogen and oxygen atoms in total. The van der Waals surface area contributed by atoms with Crippen LogP contribution in [0.2, 0.25) is 5.28 Å². The maximum atomic E-state index is 5.93. The molecule has 0 fully saturated rings. The van der Waals surface area contributed by atoms with Crippen LogP contribution in [0.5, 0.6) is 0 Å². The Labute approximate surface area is 143 Å². The molecule has 0 aliphatic rings. The fourth-order valence-electron chi connectivity index (χ4n) is 2.57. The van der Waals surface area contributed by atoms with Crippen LogP contribution < -0.4 is 5.32 Å². The molecule has 4 rings (SSSR count). The molecule has 4 aromatic rings. The lowest BCUT2D eigenvalue weighted by molar-refractivity contribution is 1.10. The lowest BCUT2D eigenvalue weighted by Crippen LogP contribution is -2.03. The summed E-state index contributed by atoms with van der Waals surface area (Å²) in [5.41, 5.74) is 4.86. The number of rotatable bonds is 4. The van der Waals surface area contributed by atoms with Gasteiger partial charge in [-0.3, -0.25) is 0 Å². The van der Waals surface area contributed by atoms with Gasteiger partial charge in [-0.1, -0.05) is 54.6 Å². The van der Waals surface area contributed by atoms with E-state index in [4.69, 9.17) is 11.6 Å². The van der Waals surface area contributed by atoms with Gasteiger partial charge < -0.3 is 10.3 Å². The first-order chi connectivity index (χ1) is 11.8. The molecule has 0 aliphatic carbocycles. The van der Waals surface area contributed by atoms with Crippen molar-refractivity contribution < 1.29 is 0 Å². The highest BCUT2D eigenvalue weighted by Gasteiger charge is 2.08. The third-order valence-electron chi connectivity index (χ3n) is 3.78. The van der Waals surface area contributed by atoms with Crippen LogP contribution in [0.4, 0.5) is 5.82 Å². The van der Waals surface area contributed by atoms with E-state index >= 15 is 0 Å². The second-order valence-corrected chi connectivity index (χ2v) is 5.70. The largest absolute Gasteiger partial charge is 0.364 e. The fourth-order valence-corrected chi connectivity index (χ4v) is 2.73. The molecule has 0 saturated carbocycles. The monoisotopic (exact) mass is 335 g/mol. The van der Waals surface area contributed by atoms with Gasteiger partial charge >= 0.3 is 0 Å². The first kappa shape index (κ1) is 14.7. The molecule has 2 heterocycles. The van der Waals surface area contributed by atoms with Crippen molar-refractivity contribution in [2.45, 2.75) is 6.54 Å². The van der Waals surface area contributed by atoms with Gasteiger partial charge in [-0.15, -0.1) is 0 Å². The van der Waals surface area contributed by atoms with Crippen LogP contribution in [0, 0.1) is 0 Å². The smallest absolute Gasteiger partial charge is 0.226 e. The Morgan fingerprint density at radius 1 is 0.917 bits per heavy atom. The number of nitrogens with zero attached hydrogens (tertiary/aromatic N) is 3. The van der Waals surface area contributed by atoms with Gasteiger partial charge in [-0.25, -0.2) is 4.98 Å². The van der Waals surface area contributed by atoms with E-state index in [-0.39, 0.29) is 5.28 Å². The fraction of sp³-hybridized carbons (Fsp3) is 0.0556. The van der Waals surface area contributed by atoms with Gasteiger partial charge in [0.15, 0.2) is 11.5 Å². The minimum Gasteiger partial charge on any atom is -0.364 e. The number of halogens is 1. The third kappa shape index (κ3) is 2.94. The molecule has 0 aliphatic heterocycles. The molecular formula is C18H14ClN5. The Kier molecular flexibility index (Phi) is 3.84. The Morgan fingerprint density at radius 2 is 1.67 bits per heavy atom. The molecule has 6 heteroatoms. The van der Waals surface area contributed by atoms with E-state index < -0.39 is 0 Å². The number of H-pyrrole nitrogens is 1. The number of benzene rings is 2. The van der Waals surface area contributed by atoms with Crippen molar-refractivity contribution in [1.29, 1.82) is 0 Å². The summed E-state index contributed by atoms with van der Waals surface area (Å²) in [5.74, 6) is 0.648. The Hall–Kier alpha value is -2.92. The molecule has 0 spiro atoms. The van der Waals surface area contributed by atoms with Crippen molar-refractivity contribution in [2.24, 2.45) is 0 Å². The molecule has 2 aromatic heterocycles. The second kappa shape index (κ2) is 6.29. The molecule has 0 bridgehead atoms. The van der Waals surface area contributed by atoms with Crippen LogP contribution in [0.3, 0.4) is 0 Å². The number of hydrogen-bond donors (Lipinski definition) is 2. The molecular weight excluding hydrogens is 322 g/mol. The molecule has 24 heavy (non-hydrogen) atoms. The molecule has 0 amide bonds. The van der Waals surface area contributed by atoms with Gasteiger partial charge in [-0.05, 0) is 28.3 Å². The van der Waals surface area contributed by atoms with E-state index in [1.807, 2.05) is 18.2 Å². The van der Waals surface area contributed by atoms with Crippen molar-refractivity contribution in [2.75, 3.05) is 5.32 Å². The summed E-state index contributed by atoms with van der Waals surface area (Å²) in [7, 11) is 0. The maximum Gasteiger partial charge on any atom is 0.226 e. The molecule has 2 N–H and O–H groups in total. The van der Waals surface area contributed by atoms with Gasteiger partial charge in [0.25, 0.3) is 0 Å². The van der Waals surface area contributed by atoms with E-state index in [1.54, 1.807) is 6.33 Å². The Morgan fingerprint density at radius 3 is 2.46 bits per heavy atom. The average molecular weight is 336 g/mol. The first-order valence-electron chi connectivity index (χ1n) is 7.54. The van der Waals surface area contributed by atoms with Gasteiger partial charge in [0.1, 0.15) is 5.52 Å². The minimum atomic E-state index is 0.177. The van der Waals surface area contributed by atoms with E-state index in [9.17, 15) is 0 Å². The molecule has 2 aromatic carbocycles. The molecule has 0 atom stereocenters. The van der Waals surface area contributed by atoms with E-state index in [0.29, 0.717) is 18.0 Å². The normalized spacial score (nSPS) is 10.9. The van der Waals surface area contributed by atoms with Gasteiger partial charge in [0.05, 0.1) is 6.33 Å². The summed E-state index contributed by atoms with van der Waals surface area (Å²) in [6.45, 7) is 0.635. The lowest BCUT2D eigenvalue weighted by Gasteiger charge is -2.08. The zero-order chi connectivity index (χ0) is 16.4. The first-order valence-corrected chi connectivity index (χ1v) is 7.92. The predicted molar refractivity (Wildman–Crippen MR) is 95.9 cm³/mol. The van der Waals surface area contributed by atoms with Crippen molar-refractivity contribution >= 4 is 28.6 Å². The van der Waals surface area contributed by atoms with Gasteiger partial charge in [0.2, 0.25) is 5.28 Å². The third-order valence-corrected chi connectivity index (χ3v) is 3.95. The van der Waals surface area contributed by atoms with E-state index in [0.717, 1.165) is 11.1 Å². The van der Waals surface area contributed by atoms with E-state index in [1.165, 1.54) is 11.1 Å². The molecule has 0 radical (unpaired) electrons. The lowest BCUT2D eigenvalue weighted by atomic mass is 10.0. The Bertz CT molecular complexity index is 964. The van der Waals surface area contributed by atoms with E-state index in [2.05, 4.69) is 61.7 Å². The highest BCUT2D eigenvalue weighted by molar-refractivity contribution is 6.28. The highest BCUT2D eigenvalue weighted by atomic mass is 35.5. The van der Waals surface area contributed by atoms with Crippen LogP contribution in [0.15, 0.2) is 60.9 Å². The highest BCUT2D eigenvalue weighted by Crippen LogP contribution is 2.21.